The van der Waals surface area contributed by atoms with Crippen molar-refractivity contribution in [1.82, 2.24) is 0 Å². The van der Waals surface area contributed by atoms with Gasteiger partial charge in [0, 0.05) is 12.2 Å². The monoisotopic (exact) mass is 298 g/mol. The second kappa shape index (κ2) is 6.02. The fraction of sp³-hybridized carbons (Fsp3) is 0.533. The van der Waals surface area contributed by atoms with Crippen LogP contribution in [0.5, 0.6) is 5.75 Å². The number of benzene rings is 1. The summed E-state index contributed by atoms with van der Waals surface area (Å²) >= 11 is 0. The van der Waals surface area contributed by atoms with E-state index in [-0.39, 0.29) is 23.7 Å². The van der Waals surface area contributed by atoms with E-state index in [1.165, 1.54) is 0 Å². The molecule has 112 valence electrons. The molecule has 1 aromatic carbocycles. The van der Waals surface area contributed by atoms with Crippen molar-refractivity contribution in [2.75, 3.05) is 18.6 Å². The third-order valence-electron chi connectivity index (χ3n) is 3.65. The van der Waals surface area contributed by atoms with Gasteiger partial charge in [-0.2, -0.15) is 0 Å². The highest BCUT2D eigenvalue weighted by atomic mass is 35.5. The number of nitrogens with two attached hydrogens (primary N) is 1. The second-order valence-corrected chi connectivity index (χ2v) is 6.08. The van der Waals surface area contributed by atoms with Crippen molar-refractivity contribution in [3.63, 3.8) is 0 Å². The summed E-state index contributed by atoms with van der Waals surface area (Å²) in [5.41, 5.74) is 7.95. The maximum Gasteiger partial charge on any atom is 0.244 e. The smallest absolute Gasteiger partial charge is 0.244 e. The van der Waals surface area contributed by atoms with Crippen LogP contribution >= 0.6 is 12.4 Å². The minimum absolute atomic E-state index is 0. The molecule has 0 bridgehead atoms. The Labute approximate surface area is 126 Å². The second-order valence-electron chi connectivity index (χ2n) is 6.08. The van der Waals surface area contributed by atoms with Crippen LogP contribution in [0.15, 0.2) is 18.2 Å². The molecule has 5 heteroatoms. The fourth-order valence-electron chi connectivity index (χ4n) is 2.27. The summed E-state index contributed by atoms with van der Waals surface area (Å²) in [6.45, 7) is 6.66. The van der Waals surface area contributed by atoms with E-state index in [2.05, 4.69) is 0 Å². The summed E-state index contributed by atoms with van der Waals surface area (Å²) in [6.07, 6.45) is 0.856. The lowest BCUT2D eigenvalue weighted by molar-refractivity contribution is -0.121. The summed E-state index contributed by atoms with van der Waals surface area (Å²) in [7, 11) is 1.65. The molecule has 0 unspecified atom stereocenters. The summed E-state index contributed by atoms with van der Waals surface area (Å²) in [5.74, 6) is 0.824. The third kappa shape index (κ3) is 3.07. The number of amides is 1. The van der Waals surface area contributed by atoms with Gasteiger partial charge in [-0.1, -0.05) is 20.8 Å². The topological polar surface area (TPSA) is 55.6 Å². The van der Waals surface area contributed by atoms with Gasteiger partial charge in [0.15, 0.2) is 0 Å². The van der Waals surface area contributed by atoms with Crippen LogP contribution in [0, 0.1) is 5.41 Å². The van der Waals surface area contributed by atoms with Crippen LogP contribution in [-0.4, -0.2) is 25.6 Å². The molecule has 0 saturated heterocycles. The van der Waals surface area contributed by atoms with Crippen molar-refractivity contribution in [3.05, 3.63) is 23.8 Å². The Morgan fingerprint density at radius 2 is 2.05 bits per heavy atom. The molecule has 0 spiro atoms. The molecule has 1 atom stereocenters. The number of fused-ring (bicyclic) bond motifs is 1. The zero-order valence-electron chi connectivity index (χ0n) is 12.5. The minimum atomic E-state index is -0.486. The standard InChI is InChI=1S/C15H22N2O2.ClH/c1-15(2,3)13(16)14(18)17-8-7-10-9-11(19-4)5-6-12(10)17;/h5-6,9,13H,7-8,16H2,1-4H3;1H/t13-;/m1./s1. The average molecular weight is 299 g/mol. The zero-order chi connectivity index (χ0) is 14.2. The highest BCUT2D eigenvalue weighted by molar-refractivity contribution is 5.99. The van der Waals surface area contributed by atoms with Gasteiger partial charge in [-0.25, -0.2) is 0 Å². The van der Waals surface area contributed by atoms with E-state index in [1.807, 2.05) is 39.0 Å². The average Bonchev–Trinajstić information content (AvgIpc) is 2.78. The van der Waals surface area contributed by atoms with E-state index >= 15 is 0 Å². The molecule has 0 saturated carbocycles. The van der Waals surface area contributed by atoms with Gasteiger partial charge >= 0.3 is 0 Å². The summed E-state index contributed by atoms with van der Waals surface area (Å²) in [5, 5.41) is 0. The molecule has 1 aromatic rings. The number of halogens is 1. The van der Waals surface area contributed by atoms with Crippen molar-refractivity contribution < 1.29 is 9.53 Å². The van der Waals surface area contributed by atoms with E-state index in [0.29, 0.717) is 6.54 Å². The highest BCUT2D eigenvalue weighted by Crippen LogP contribution is 2.32. The lowest BCUT2D eigenvalue weighted by Crippen LogP contribution is -2.50. The fourth-order valence-corrected chi connectivity index (χ4v) is 2.27. The van der Waals surface area contributed by atoms with Crippen LogP contribution in [0.2, 0.25) is 0 Å². The van der Waals surface area contributed by atoms with Crippen LogP contribution in [0.1, 0.15) is 26.3 Å². The number of hydrogen-bond donors (Lipinski definition) is 1. The largest absolute Gasteiger partial charge is 0.497 e. The molecular weight excluding hydrogens is 276 g/mol. The summed E-state index contributed by atoms with van der Waals surface area (Å²) in [6, 6.07) is 5.33. The Bertz CT molecular complexity index is 497. The number of methoxy groups -OCH3 is 1. The predicted molar refractivity (Wildman–Crippen MR) is 83.7 cm³/mol. The molecule has 20 heavy (non-hydrogen) atoms. The first kappa shape index (κ1) is 16.8. The van der Waals surface area contributed by atoms with Gasteiger partial charge in [-0.15, -0.1) is 12.4 Å². The molecule has 1 aliphatic heterocycles. The predicted octanol–water partition coefficient (Wildman–Crippen LogP) is 2.38. The number of ether oxygens (including phenoxy) is 1. The number of carbonyl (C=O) groups is 1. The van der Waals surface area contributed by atoms with E-state index in [1.54, 1.807) is 12.0 Å². The molecule has 0 fully saturated rings. The summed E-state index contributed by atoms with van der Waals surface area (Å²) < 4.78 is 5.21. The quantitative estimate of drug-likeness (QED) is 0.912. The van der Waals surface area contributed by atoms with E-state index in [4.69, 9.17) is 10.5 Å². The molecule has 1 aliphatic rings. The van der Waals surface area contributed by atoms with Crippen molar-refractivity contribution in [2.24, 2.45) is 11.1 Å². The van der Waals surface area contributed by atoms with Crippen LogP contribution in [-0.2, 0) is 11.2 Å². The number of rotatable bonds is 2. The molecule has 1 amide bonds. The van der Waals surface area contributed by atoms with Gasteiger partial charge in [-0.3, -0.25) is 4.79 Å². The van der Waals surface area contributed by atoms with Crippen molar-refractivity contribution in [3.8, 4) is 5.75 Å². The maximum atomic E-state index is 12.5. The van der Waals surface area contributed by atoms with Gasteiger partial charge < -0.3 is 15.4 Å². The van der Waals surface area contributed by atoms with Crippen LogP contribution in [0.4, 0.5) is 5.69 Å². The first-order valence-corrected chi connectivity index (χ1v) is 6.58. The Morgan fingerprint density at radius 1 is 1.40 bits per heavy atom. The Morgan fingerprint density at radius 3 is 2.60 bits per heavy atom. The molecule has 2 N–H and O–H groups in total. The first-order chi connectivity index (χ1) is 8.84. The number of carbonyl (C=O) groups excluding carboxylic acids is 1. The lowest BCUT2D eigenvalue weighted by Gasteiger charge is -2.30. The van der Waals surface area contributed by atoms with Gasteiger partial charge in [0.05, 0.1) is 13.2 Å². The molecule has 1 heterocycles. The Kier molecular flexibility index (Phi) is 5.05. The summed E-state index contributed by atoms with van der Waals surface area (Å²) in [4.78, 5) is 14.3. The van der Waals surface area contributed by atoms with E-state index < -0.39 is 6.04 Å². The highest BCUT2D eigenvalue weighted by Gasteiger charge is 2.34. The van der Waals surface area contributed by atoms with Crippen molar-refractivity contribution >= 4 is 24.0 Å². The number of nitrogens with zero attached hydrogens (tertiary/aromatic N) is 1. The molecule has 0 radical (unpaired) electrons. The number of hydrogen-bond acceptors (Lipinski definition) is 3. The first-order valence-electron chi connectivity index (χ1n) is 6.58. The zero-order valence-corrected chi connectivity index (χ0v) is 13.3. The Hall–Kier alpha value is -1.26. The van der Waals surface area contributed by atoms with E-state index in [0.717, 1.165) is 23.4 Å². The van der Waals surface area contributed by atoms with E-state index in [9.17, 15) is 4.79 Å². The Balaban J connectivity index is 0.00000200. The van der Waals surface area contributed by atoms with Crippen LogP contribution in [0.25, 0.3) is 0 Å². The SMILES string of the molecule is COc1ccc2c(c1)CCN2C(=O)[C@@H](N)C(C)(C)C.Cl. The lowest BCUT2D eigenvalue weighted by atomic mass is 9.86. The normalized spacial score (nSPS) is 15.3. The molecule has 0 aliphatic carbocycles. The van der Waals surface area contributed by atoms with Gasteiger partial charge in [0.25, 0.3) is 0 Å². The maximum absolute atomic E-state index is 12.5. The van der Waals surface area contributed by atoms with Gasteiger partial charge in [0.2, 0.25) is 5.91 Å². The van der Waals surface area contributed by atoms with Crippen molar-refractivity contribution in [2.45, 2.75) is 33.2 Å². The molecule has 2 rings (SSSR count). The van der Waals surface area contributed by atoms with Crippen LogP contribution in [0.3, 0.4) is 0 Å². The minimum Gasteiger partial charge on any atom is -0.497 e. The molecular formula is C15H23ClN2O2. The third-order valence-corrected chi connectivity index (χ3v) is 3.65. The van der Waals surface area contributed by atoms with Crippen LogP contribution < -0.4 is 15.4 Å². The molecule has 4 nitrogen and oxygen atoms in total. The molecule has 0 aromatic heterocycles. The van der Waals surface area contributed by atoms with Gasteiger partial charge in [-0.05, 0) is 35.6 Å². The number of anilines is 1. The van der Waals surface area contributed by atoms with Gasteiger partial charge in [0.1, 0.15) is 5.75 Å². The van der Waals surface area contributed by atoms with Crippen molar-refractivity contribution in [1.29, 1.82) is 0 Å².